The van der Waals surface area contributed by atoms with Crippen LogP contribution in [-0.4, -0.2) is 24.7 Å². The number of ether oxygens (including phenoxy) is 1. The molecule has 130 valence electrons. The molecule has 1 aliphatic rings. The number of rotatable bonds is 14. The molecule has 0 bridgehead atoms. The molecule has 1 saturated heterocycles. The molecule has 0 aromatic rings. The van der Waals surface area contributed by atoms with Gasteiger partial charge in [0.15, 0.2) is 0 Å². The van der Waals surface area contributed by atoms with Crippen LogP contribution in [0.25, 0.3) is 0 Å². The molecule has 0 spiro atoms. The van der Waals surface area contributed by atoms with Gasteiger partial charge in [-0.05, 0) is 36.9 Å². The number of hydrogen-bond acceptors (Lipinski definition) is 2. The average Bonchev–Trinajstić information content (AvgIpc) is 2.97. The van der Waals surface area contributed by atoms with E-state index in [-0.39, 0.29) is 0 Å². The Hall–Kier alpha value is 0.0500. The summed E-state index contributed by atoms with van der Waals surface area (Å²) in [4.78, 5) is 0. The second-order valence-electron chi connectivity index (χ2n) is 6.77. The third-order valence-corrected chi connectivity index (χ3v) is 5.79. The Labute approximate surface area is 143 Å². The summed E-state index contributed by atoms with van der Waals surface area (Å²) in [5.74, 6) is 4.12. The molecule has 22 heavy (non-hydrogen) atoms. The maximum absolute atomic E-state index is 5.74. The summed E-state index contributed by atoms with van der Waals surface area (Å²) in [5.41, 5.74) is 0. The highest BCUT2D eigenvalue weighted by Crippen LogP contribution is 2.29. The zero-order chi connectivity index (χ0) is 15.9. The lowest BCUT2D eigenvalue weighted by Gasteiger charge is -2.16. The fraction of sp³-hybridized carbons (Fsp3) is 0.900. The van der Waals surface area contributed by atoms with Gasteiger partial charge in [-0.3, -0.25) is 0 Å². The van der Waals surface area contributed by atoms with Crippen LogP contribution in [0.1, 0.15) is 78.1 Å². The zero-order valence-corrected chi connectivity index (χ0v) is 15.8. The van der Waals surface area contributed by atoms with Crippen molar-refractivity contribution in [3.8, 4) is 0 Å². The molecule has 0 aromatic carbocycles. The minimum Gasteiger partial charge on any atom is -0.381 e. The normalized spacial score (nSPS) is 21.9. The Bertz CT molecular complexity index is 264. The highest BCUT2D eigenvalue weighted by Gasteiger charge is 2.27. The highest BCUT2D eigenvalue weighted by molar-refractivity contribution is 7.99. The van der Waals surface area contributed by atoms with Crippen LogP contribution in [-0.2, 0) is 4.74 Å². The minimum atomic E-state index is 0.810. The molecule has 1 aliphatic heterocycles. The predicted octanol–water partition coefficient (Wildman–Crippen LogP) is 6.48. The molecule has 0 aromatic heterocycles. The lowest BCUT2D eigenvalue weighted by atomic mass is 9.92. The highest BCUT2D eigenvalue weighted by atomic mass is 32.2. The molecule has 0 aliphatic carbocycles. The first kappa shape index (κ1) is 20.1. The van der Waals surface area contributed by atoms with E-state index in [1.165, 1.54) is 75.7 Å². The smallest absolute Gasteiger partial charge is 0.0505 e. The van der Waals surface area contributed by atoms with Crippen LogP contribution in [0.3, 0.4) is 0 Å². The molecule has 0 saturated carbocycles. The summed E-state index contributed by atoms with van der Waals surface area (Å²) in [5, 5.41) is 0. The van der Waals surface area contributed by atoms with Gasteiger partial charge in [-0.2, -0.15) is 11.8 Å². The Morgan fingerprint density at radius 1 is 0.864 bits per heavy atom. The first-order chi connectivity index (χ1) is 10.9. The van der Waals surface area contributed by atoms with Crippen molar-refractivity contribution in [1.29, 1.82) is 0 Å². The molecule has 2 heteroatoms. The Kier molecular flexibility index (Phi) is 13.4. The molecule has 1 rings (SSSR count). The van der Waals surface area contributed by atoms with Gasteiger partial charge in [0.25, 0.3) is 0 Å². The largest absolute Gasteiger partial charge is 0.381 e. The van der Waals surface area contributed by atoms with Crippen molar-refractivity contribution in [3.63, 3.8) is 0 Å². The third kappa shape index (κ3) is 9.94. The molecule has 0 amide bonds. The van der Waals surface area contributed by atoms with E-state index in [4.69, 9.17) is 4.74 Å². The molecule has 2 atom stereocenters. The van der Waals surface area contributed by atoms with E-state index < -0.39 is 0 Å². The molecule has 0 radical (unpaired) electrons. The van der Waals surface area contributed by atoms with Gasteiger partial charge in [-0.15, -0.1) is 0 Å². The second-order valence-corrected chi connectivity index (χ2v) is 7.84. The number of thioether (sulfide) groups is 1. The van der Waals surface area contributed by atoms with E-state index in [9.17, 15) is 0 Å². The second kappa shape index (κ2) is 14.6. The molecule has 1 heterocycles. The first-order valence-corrected chi connectivity index (χ1v) is 10.8. The van der Waals surface area contributed by atoms with Crippen LogP contribution in [0.15, 0.2) is 12.2 Å². The topological polar surface area (TPSA) is 9.23 Å². The number of hydrogen-bond donors (Lipinski definition) is 0. The van der Waals surface area contributed by atoms with Crippen molar-refractivity contribution in [1.82, 2.24) is 0 Å². The maximum Gasteiger partial charge on any atom is 0.0505 e. The minimum absolute atomic E-state index is 0.810. The van der Waals surface area contributed by atoms with Crippen molar-refractivity contribution < 1.29 is 4.74 Å². The van der Waals surface area contributed by atoms with Gasteiger partial charge in [0.05, 0.1) is 6.61 Å². The summed E-state index contributed by atoms with van der Waals surface area (Å²) >= 11 is 2.10. The fourth-order valence-electron chi connectivity index (χ4n) is 3.14. The summed E-state index contributed by atoms with van der Waals surface area (Å²) < 4.78 is 5.74. The summed E-state index contributed by atoms with van der Waals surface area (Å²) in [6.07, 6.45) is 18.5. The third-order valence-electron chi connectivity index (χ3n) is 4.70. The lowest BCUT2D eigenvalue weighted by molar-refractivity contribution is 0.180. The molecule has 1 fully saturated rings. The standard InChI is InChI=1S/C20H38OS/c1-3-5-7-9-11-13-15-22-18-20-17-21-16-19(20)14-12-10-8-6-4-2/h11,13,19-20H,3-10,12,14-18H2,1-2H3. The van der Waals surface area contributed by atoms with Crippen LogP contribution in [0.2, 0.25) is 0 Å². The van der Waals surface area contributed by atoms with Gasteiger partial charge in [-0.1, -0.05) is 70.9 Å². The lowest BCUT2D eigenvalue weighted by Crippen LogP contribution is -2.15. The van der Waals surface area contributed by atoms with Crippen molar-refractivity contribution in [2.75, 3.05) is 24.7 Å². The molecule has 0 N–H and O–H groups in total. The Morgan fingerprint density at radius 3 is 2.41 bits per heavy atom. The number of allylic oxidation sites excluding steroid dienone is 1. The molecular weight excluding hydrogens is 288 g/mol. The van der Waals surface area contributed by atoms with Crippen LogP contribution in [0.4, 0.5) is 0 Å². The van der Waals surface area contributed by atoms with E-state index >= 15 is 0 Å². The van der Waals surface area contributed by atoms with Crippen molar-refractivity contribution in [3.05, 3.63) is 12.2 Å². The van der Waals surface area contributed by atoms with E-state index in [1.807, 2.05) is 0 Å². The van der Waals surface area contributed by atoms with Crippen molar-refractivity contribution >= 4 is 11.8 Å². The van der Waals surface area contributed by atoms with Crippen LogP contribution in [0.5, 0.6) is 0 Å². The fourth-order valence-corrected chi connectivity index (χ4v) is 4.22. The summed E-state index contributed by atoms with van der Waals surface area (Å²) in [6.45, 7) is 6.58. The van der Waals surface area contributed by atoms with Crippen molar-refractivity contribution in [2.45, 2.75) is 78.1 Å². The van der Waals surface area contributed by atoms with Gasteiger partial charge in [0, 0.05) is 12.4 Å². The first-order valence-electron chi connectivity index (χ1n) is 9.69. The summed E-state index contributed by atoms with van der Waals surface area (Å²) in [6, 6.07) is 0. The van der Waals surface area contributed by atoms with E-state index in [0.717, 1.165) is 25.0 Å². The van der Waals surface area contributed by atoms with E-state index in [2.05, 4.69) is 37.8 Å². The van der Waals surface area contributed by atoms with E-state index in [0.29, 0.717) is 0 Å². The Morgan fingerprint density at radius 2 is 1.59 bits per heavy atom. The maximum atomic E-state index is 5.74. The van der Waals surface area contributed by atoms with Crippen molar-refractivity contribution in [2.24, 2.45) is 11.8 Å². The SMILES string of the molecule is CCCCCC=CCSCC1COCC1CCCCCCC. The van der Waals surface area contributed by atoms with Crippen LogP contribution >= 0.6 is 11.8 Å². The van der Waals surface area contributed by atoms with Gasteiger partial charge < -0.3 is 4.74 Å². The van der Waals surface area contributed by atoms with Gasteiger partial charge >= 0.3 is 0 Å². The molecular formula is C20H38OS. The van der Waals surface area contributed by atoms with Gasteiger partial charge in [0.1, 0.15) is 0 Å². The summed E-state index contributed by atoms with van der Waals surface area (Å²) in [7, 11) is 0. The average molecular weight is 327 g/mol. The number of unbranched alkanes of at least 4 members (excludes halogenated alkanes) is 7. The molecule has 1 nitrogen and oxygen atoms in total. The van der Waals surface area contributed by atoms with Crippen LogP contribution < -0.4 is 0 Å². The zero-order valence-electron chi connectivity index (χ0n) is 15.0. The Balaban J connectivity index is 2.01. The van der Waals surface area contributed by atoms with E-state index in [1.54, 1.807) is 0 Å². The molecule has 2 unspecified atom stereocenters. The van der Waals surface area contributed by atoms with Gasteiger partial charge in [0.2, 0.25) is 0 Å². The quantitative estimate of drug-likeness (QED) is 0.267. The van der Waals surface area contributed by atoms with Gasteiger partial charge in [-0.25, -0.2) is 0 Å². The predicted molar refractivity (Wildman–Crippen MR) is 102 cm³/mol. The monoisotopic (exact) mass is 326 g/mol. The van der Waals surface area contributed by atoms with Crippen LogP contribution in [0, 0.1) is 11.8 Å².